The van der Waals surface area contributed by atoms with Gasteiger partial charge in [-0.05, 0) is 36.4 Å². The number of halogens is 1. The second kappa shape index (κ2) is 6.70. The van der Waals surface area contributed by atoms with Crippen molar-refractivity contribution in [2.75, 3.05) is 16.8 Å². The van der Waals surface area contributed by atoms with Crippen LogP contribution in [0.3, 0.4) is 0 Å². The van der Waals surface area contributed by atoms with Gasteiger partial charge >= 0.3 is 0 Å². The van der Waals surface area contributed by atoms with Crippen LogP contribution in [0.25, 0.3) is 5.57 Å². The maximum absolute atomic E-state index is 13.2. The number of carbonyl (C=O) groups is 1. The van der Waals surface area contributed by atoms with Crippen LogP contribution in [0.2, 0.25) is 5.02 Å². The van der Waals surface area contributed by atoms with Gasteiger partial charge in [0.15, 0.2) is 0 Å². The Morgan fingerprint density at radius 2 is 1.65 bits per heavy atom. The fourth-order valence-corrected chi connectivity index (χ4v) is 3.35. The third-order valence-corrected chi connectivity index (χ3v) is 4.66. The Labute approximate surface area is 157 Å². The number of anilines is 3. The van der Waals surface area contributed by atoms with Crippen LogP contribution in [-0.2, 0) is 4.79 Å². The summed E-state index contributed by atoms with van der Waals surface area (Å²) >= 11 is 6.14. The highest BCUT2D eigenvalue weighted by Gasteiger charge is 2.33. The second-order valence-corrected chi connectivity index (χ2v) is 6.56. The molecule has 3 aromatic rings. The fraction of sp³-hybridized carbons (Fsp3) is 0.0455. The number of rotatable bonds is 3. The highest BCUT2D eigenvalue weighted by molar-refractivity contribution is 6.36. The van der Waals surface area contributed by atoms with E-state index in [0.717, 1.165) is 22.6 Å². The largest absolute Gasteiger partial charge is 0.350 e. The Morgan fingerprint density at radius 3 is 2.42 bits per heavy atom. The van der Waals surface area contributed by atoms with E-state index in [2.05, 4.69) is 0 Å². The first-order valence-corrected chi connectivity index (χ1v) is 8.72. The van der Waals surface area contributed by atoms with E-state index in [9.17, 15) is 4.79 Å². The minimum atomic E-state index is -0.0590. The zero-order valence-corrected chi connectivity index (χ0v) is 15.0. The third kappa shape index (κ3) is 2.87. The van der Waals surface area contributed by atoms with Gasteiger partial charge in [0, 0.05) is 29.5 Å². The van der Waals surface area contributed by atoms with Gasteiger partial charge in [-0.1, -0.05) is 54.1 Å². The van der Waals surface area contributed by atoms with E-state index in [-0.39, 0.29) is 5.91 Å². The Hall–Kier alpha value is -3.04. The number of benzene rings is 3. The van der Waals surface area contributed by atoms with Gasteiger partial charge in [-0.15, -0.1) is 0 Å². The van der Waals surface area contributed by atoms with Gasteiger partial charge in [0.05, 0.1) is 16.9 Å². The van der Waals surface area contributed by atoms with Gasteiger partial charge in [0.1, 0.15) is 0 Å². The summed E-state index contributed by atoms with van der Waals surface area (Å²) in [5.74, 6) is -0.0590. The molecular weight excluding hydrogens is 344 g/mol. The van der Waals surface area contributed by atoms with E-state index >= 15 is 0 Å². The number of fused-ring (bicyclic) bond motifs is 1. The zero-order valence-electron chi connectivity index (χ0n) is 14.3. The maximum atomic E-state index is 13.2. The van der Waals surface area contributed by atoms with Gasteiger partial charge < -0.3 is 4.90 Å². The molecule has 3 aromatic carbocycles. The Balaban J connectivity index is 1.80. The molecule has 3 nitrogen and oxygen atoms in total. The van der Waals surface area contributed by atoms with Crippen molar-refractivity contribution in [1.29, 1.82) is 0 Å². The standard InChI is InChI=1S/C22H17ClN2O/c1-24(17-9-3-2-4-10-17)15-20-19-12-5-6-13-21(19)25(22(20)26)18-11-7-8-16(23)14-18/h2-15H,1H3/b20-15-. The average Bonchev–Trinajstić information content (AvgIpc) is 2.94. The Morgan fingerprint density at radius 1 is 0.923 bits per heavy atom. The molecule has 0 spiro atoms. The van der Waals surface area contributed by atoms with Gasteiger partial charge in [-0.25, -0.2) is 0 Å². The van der Waals surface area contributed by atoms with Gasteiger partial charge in [0.25, 0.3) is 5.91 Å². The van der Waals surface area contributed by atoms with Crippen molar-refractivity contribution < 1.29 is 4.79 Å². The van der Waals surface area contributed by atoms with E-state index in [4.69, 9.17) is 11.6 Å². The SMILES string of the molecule is CN(/C=C1\C(=O)N(c2cccc(Cl)c2)c2ccccc21)c1ccccc1. The van der Waals surface area contributed by atoms with Gasteiger partial charge in [0.2, 0.25) is 0 Å². The topological polar surface area (TPSA) is 23.6 Å². The van der Waals surface area contributed by atoms with Crippen molar-refractivity contribution in [3.8, 4) is 0 Å². The lowest BCUT2D eigenvalue weighted by Crippen LogP contribution is -2.21. The lowest BCUT2D eigenvalue weighted by Gasteiger charge is -2.18. The minimum Gasteiger partial charge on any atom is -0.350 e. The molecule has 4 rings (SSSR count). The van der Waals surface area contributed by atoms with Gasteiger partial charge in [-0.3, -0.25) is 9.69 Å². The summed E-state index contributed by atoms with van der Waals surface area (Å²) in [6.45, 7) is 0. The lowest BCUT2D eigenvalue weighted by atomic mass is 10.1. The van der Waals surface area contributed by atoms with Crippen molar-refractivity contribution in [3.63, 3.8) is 0 Å². The predicted octanol–water partition coefficient (Wildman–Crippen LogP) is 5.50. The van der Waals surface area contributed by atoms with Crippen molar-refractivity contribution in [1.82, 2.24) is 0 Å². The van der Waals surface area contributed by atoms with Crippen LogP contribution in [0.1, 0.15) is 5.56 Å². The number of hydrogen-bond donors (Lipinski definition) is 0. The van der Waals surface area contributed by atoms with E-state index in [1.165, 1.54) is 0 Å². The molecule has 1 amide bonds. The van der Waals surface area contributed by atoms with E-state index < -0.39 is 0 Å². The summed E-state index contributed by atoms with van der Waals surface area (Å²) in [5.41, 5.74) is 4.23. The summed E-state index contributed by atoms with van der Waals surface area (Å²) in [4.78, 5) is 16.9. The number of hydrogen-bond acceptors (Lipinski definition) is 2. The molecule has 0 fully saturated rings. The monoisotopic (exact) mass is 360 g/mol. The molecule has 1 aliphatic heterocycles. The molecule has 26 heavy (non-hydrogen) atoms. The van der Waals surface area contributed by atoms with Crippen molar-refractivity contribution in [2.24, 2.45) is 0 Å². The summed E-state index contributed by atoms with van der Waals surface area (Å²) in [6, 6.07) is 25.1. The summed E-state index contributed by atoms with van der Waals surface area (Å²) < 4.78 is 0. The normalized spacial score (nSPS) is 14.6. The molecule has 0 saturated heterocycles. The molecule has 0 bridgehead atoms. The average molecular weight is 361 g/mol. The van der Waals surface area contributed by atoms with Crippen molar-refractivity contribution in [2.45, 2.75) is 0 Å². The van der Waals surface area contributed by atoms with Crippen LogP contribution in [0.5, 0.6) is 0 Å². The number of amides is 1. The number of para-hydroxylation sites is 2. The Kier molecular flexibility index (Phi) is 4.23. The summed E-state index contributed by atoms with van der Waals surface area (Å²) in [6.07, 6.45) is 1.89. The molecule has 1 aliphatic rings. The quantitative estimate of drug-likeness (QED) is 0.576. The first kappa shape index (κ1) is 16.4. The van der Waals surface area contributed by atoms with Crippen molar-refractivity contribution >= 4 is 40.1 Å². The maximum Gasteiger partial charge on any atom is 0.265 e. The van der Waals surface area contributed by atoms with Crippen LogP contribution in [-0.4, -0.2) is 13.0 Å². The smallest absolute Gasteiger partial charge is 0.265 e. The molecule has 0 aliphatic carbocycles. The van der Waals surface area contributed by atoms with Gasteiger partial charge in [-0.2, -0.15) is 0 Å². The third-order valence-electron chi connectivity index (χ3n) is 4.42. The van der Waals surface area contributed by atoms with Crippen LogP contribution in [0.15, 0.2) is 85.1 Å². The number of nitrogens with zero attached hydrogens (tertiary/aromatic N) is 2. The summed E-state index contributed by atoms with van der Waals surface area (Å²) in [7, 11) is 1.94. The van der Waals surface area contributed by atoms with Crippen LogP contribution in [0, 0.1) is 0 Å². The Bertz CT molecular complexity index is 998. The molecule has 128 valence electrons. The first-order valence-electron chi connectivity index (χ1n) is 8.34. The van der Waals surface area contributed by atoms with E-state index in [1.807, 2.05) is 84.9 Å². The second-order valence-electron chi connectivity index (χ2n) is 6.13. The van der Waals surface area contributed by atoms with Crippen LogP contribution >= 0.6 is 11.6 Å². The van der Waals surface area contributed by atoms with Crippen molar-refractivity contribution in [3.05, 3.63) is 95.6 Å². The zero-order chi connectivity index (χ0) is 18.1. The van der Waals surface area contributed by atoms with Crippen LogP contribution in [0.4, 0.5) is 17.1 Å². The molecule has 0 N–H and O–H groups in total. The molecule has 0 unspecified atom stereocenters. The molecule has 4 heteroatoms. The minimum absolute atomic E-state index is 0.0590. The fourth-order valence-electron chi connectivity index (χ4n) is 3.17. The molecule has 0 saturated carbocycles. The van der Waals surface area contributed by atoms with Crippen LogP contribution < -0.4 is 9.80 Å². The van der Waals surface area contributed by atoms with E-state index in [1.54, 1.807) is 17.0 Å². The van der Waals surface area contributed by atoms with E-state index in [0.29, 0.717) is 10.6 Å². The highest BCUT2D eigenvalue weighted by Crippen LogP contribution is 2.42. The number of carbonyl (C=O) groups excluding carboxylic acids is 1. The first-order chi connectivity index (χ1) is 12.6. The highest BCUT2D eigenvalue weighted by atomic mass is 35.5. The molecule has 0 radical (unpaired) electrons. The molecule has 0 aromatic heterocycles. The molecule has 1 heterocycles. The summed E-state index contributed by atoms with van der Waals surface area (Å²) in [5, 5.41) is 0.603. The predicted molar refractivity (Wildman–Crippen MR) is 108 cm³/mol. The lowest BCUT2D eigenvalue weighted by molar-refractivity contribution is -0.112. The molecule has 0 atom stereocenters. The molecular formula is C22H17ClN2O.